The van der Waals surface area contributed by atoms with Crippen LogP contribution in [0.15, 0.2) is 9.59 Å². The van der Waals surface area contributed by atoms with Crippen LogP contribution in [-0.2, 0) is 23.6 Å². The number of carbonyl (C=O) groups is 1. The SMILES string of the molecule is Cn1nc(N2CCOC(C(=O)O)C2)c(=O)n(C)c1=O. The van der Waals surface area contributed by atoms with Crippen molar-refractivity contribution in [2.75, 3.05) is 24.6 Å². The van der Waals surface area contributed by atoms with Gasteiger partial charge in [-0.2, -0.15) is 0 Å². The molecule has 0 spiro atoms. The Hall–Kier alpha value is -2.16. The summed E-state index contributed by atoms with van der Waals surface area (Å²) in [6.07, 6.45) is -1.00. The molecule has 9 nitrogen and oxygen atoms in total. The summed E-state index contributed by atoms with van der Waals surface area (Å²) in [4.78, 5) is 35.9. The summed E-state index contributed by atoms with van der Waals surface area (Å²) in [7, 11) is 2.78. The van der Waals surface area contributed by atoms with E-state index in [0.29, 0.717) is 6.54 Å². The highest BCUT2D eigenvalue weighted by Crippen LogP contribution is 2.10. The number of aromatic nitrogens is 3. The first-order valence-corrected chi connectivity index (χ1v) is 5.65. The van der Waals surface area contributed by atoms with Crippen molar-refractivity contribution in [2.45, 2.75) is 6.10 Å². The van der Waals surface area contributed by atoms with Crippen LogP contribution >= 0.6 is 0 Å². The van der Waals surface area contributed by atoms with E-state index in [4.69, 9.17) is 9.84 Å². The van der Waals surface area contributed by atoms with Crippen molar-refractivity contribution in [1.82, 2.24) is 14.3 Å². The first-order chi connectivity index (χ1) is 8.91. The Morgan fingerprint density at radius 1 is 1.42 bits per heavy atom. The Labute approximate surface area is 107 Å². The van der Waals surface area contributed by atoms with Crippen LogP contribution in [-0.4, -0.2) is 51.2 Å². The largest absolute Gasteiger partial charge is 0.479 e. The van der Waals surface area contributed by atoms with Crippen LogP contribution in [0, 0.1) is 0 Å². The first-order valence-electron chi connectivity index (χ1n) is 5.65. The van der Waals surface area contributed by atoms with Crippen LogP contribution in [0.5, 0.6) is 0 Å². The second kappa shape index (κ2) is 4.84. The molecule has 104 valence electrons. The molecule has 0 bridgehead atoms. The van der Waals surface area contributed by atoms with E-state index in [-0.39, 0.29) is 19.0 Å². The summed E-state index contributed by atoms with van der Waals surface area (Å²) in [6, 6.07) is 0. The van der Waals surface area contributed by atoms with Gasteiger partial charge in [-0.3, -0.25) is 9.36 Å². The molecule has 2 heterocycles. The standard InChI is InChI=1S/C10H14N4O5/c1-12-8(15)7(11-13(2)10(12)18)14-3-4-19-6(5-14)9(16)17/h6H,3-5H2,1-2H3,(H,16,17). The Balaban J connectivity index is 2.40. The van der Waals surface area contributed by atoms with Crippen molar-refractivity contribution in [3.63, 3.8) is 0 Å². The summed E-state index contributed by atoms with van der Waals surface area (Å²) < 4.78 is 7.05. The van der Waals surface area contributed by atoms with E-state index in [1.54, 1.807) is 0 Å². The molecule has 1 saturated heterocycles. The van der Waals surface area contributed by atoms with Crippen LogP contribution in [0.3, 0.4) is 0 Å². The Morgan fingerprint density at radius 2 is 2.11 bits per heavy atom. The van der Waals surface area contributed by atoms with Crippen molar-refractivity contribution >= 4 is 11.8 Å². The molecule has 1 aliphatic rings. The number of anilines is 1. The zero-order chi connectivity index (χ0) is 14.2. The van der Waals surface area contributed by atoms with Gasteiger partial charge in [-0.15, -0.1) is 5.10 Å². The quantitative estimate of drug-likeness (QED) is 0.648. The topological polar surface area (TPSA) is 107 Å². The third-order valence-electron chi connectivity index (χ3n) is 2.95. The molecule has 0 aromatic carbocycles. The lowest BCUT2D eigenvalue weighted by Crippen LogP contribution is -2.50. The minimum Gasteiger partial charge on any atom is -0.479 e. The maximum atomic E-state index is 12.0. The van der Waals surface area contributed by atoms with Gasteiger partial charge < -0.3 is 14.7 Å². The number of ether oxygens (including phenoxy) is 1. The highest BCUT2D eigenvalue weighted by atomic mass is 16.5. The normalized spacial score (nSPS) is 19.5. The second-order valence-electron chi connectivity index (χ2n) is 4.24. The summed E-state index contributed by atoms with van der Waals surface area (Å²) in [6.45, 7) is 0.560. The molecule has 1 aromatic heterocycles. The van der Waals surface area contributed by atoms with Gasteiger partial charge in [0, 0.05) is 20.6 Å². The minimum atomic E-state index is -1.09. The smallest absolute Gasteiger partial charge is 0.346 e. The average molecular weight is 270 g/mol. The molecule has 0 radical (unpaired) electrons. The van der Waals surface area contributed by atoms with Crippen molar-refractivity contribution < 1.29 is 14.6 Å². The third-order valence-corrected chi connectivity index (χ3v) is 2.95. The molecule has 1 N–H and O–H groups in total. The Kier molecular flexibility index (Phi) is 3.38. The molecular formula is C10H14N4O5. The highest BCUT2D eigenvalue weighted by molar-refractivity contribution is 5.73. The van der Waals surface area contributed by atoms with Crippen LogP contribution in [0.25, 0.3) is 0 Å². The predicted molar refractivity (Wildman–Crippen MR) is 64.3 cm³/mol. The Bertz CT molecular complexity index is 619. The average Bonchev–Trinajstić information content (AvgIpc) is 2.40. The zero-order valence-corrected chi connectivity index (χ0v) is 10.6. The van der Waals surface area contributed by atoms with Gasteiger partial charge in [-0.05, 0) is 0 Å². The molecule has 0 saturated carbocycles. The van der Waals surface area contributed by atoms with Gasteiger partial charge in [0.25, 0.3) is 5.56 Å². The number of rotatable bonds is 2. The summed E-state index contributed by atoms with van der Waals surface area (Å²) in [5, 5.41) is 12.8. The number of carboxylic acids is 1. The van der Waals surface area contributed by atoms with Gasteiger partial charge in [0.15, 0.2) is 6.10 Å². The molecule has 2 rings (SSSR count). The molecular weight excluding hydrogens is 256 g/mol. The maximum Gasteiger partial charge on any atom is 0.346 e. The molecule has 1 aliphatic heterocycles. The predicted octanol–water partition coefficient (Wildman–Crippen LogP) is -2.23. The fraction of sp³-hybridized carbons (Fsp3) is 0.600. The molecule has 0 aliphatic carbocycles. The summed E-state index contributed by atoms with van der Waals surface area (Å²) in [5.41, 5.74) is -1.08. The number of nitrogens with zero attached hydrogens (tertiary/aromatic N) is 4. The minimum absolute atomic E-state index is 0.0236. The number of aliphatic carboxylic acids is 1. The van der Waals surface area contributed by atoms with Gasteiger partial charge >= 0.3 is 11.7 Å². The summed E-state index contributed by atoms with van der Waals surface area (Å²) >= 11 is 0. The molecule has 1 aromatic rings. The van der Waals surface area contributed by atoms with Crippen molar-refractivity contribution in [1.29, 1.82) is 0 Å². The van der Waals surface area contributed by atoms with E-state index in [9.17, 15) is 14.4 Å². The highest BCUT2D eigenvalue weighted by Gasteiger charge is 2.29. The zero-order valence-electron chi connectivity index (χ0n) is 10.6. The van der Waals surface area contributed by atoms with E-state index in [2.05, 4.69) is 5.10 Å². The van der Waals surface area contributed by atoms with Crippen molar-refractivity contribution in [3.05, 3.63) is 20.8 Å². The number of aryl methyl sites for hydroxylation is 1. The van der Waals surface area contributed by atoms with Crippen LogP contribution in [0.2, 0.25) is 0 Å². The first kappa shape index (κ1) is 13.3. The number of hydrogen-bond acceptors (Lipinski definition) is 6. The van der Waals surface area contributed by atoms with Crippen LogP contribution in [0.4, 0.5) is 5.82 Å². The number of hydrogen-bond donors (Lipinski definition) is 1. The van der Waals surface area contributed by atoms with E-state index in [0.717, 1.165) is 9.25 Å². The monoisotopic (exact) mass is 270 g/mol. The maximum absolute atomic E-state index is 12.0. The summed E-state index contributed by atoms with van der Waals surface area (Å²) in [5.74, 6) is -1.04. The molecule has 9 heteroatoms. The lowest BCUT2D eigenvalue weighted by Gasteiger charge is -2.31. The van der Waals surface area contributed by atoms with Crippen molar-refractivity contribution in [3.8, 4) is 0 Å². The fourth-order valence-corrected chi connectivity index (χ4v) is 1.87. The second-order valence-corrected chi connectivity index (χ2v) is 4.24. The lowest BCUT2D eigenvalue weighted by atomic mass is 10.3. The lowest BCUT2D eigenvalue weighted by molar-refractivity contribution is -0.150. The van der Waals surface area contributed by atoms with Crippen LogP contribution < -0.4 is 16.1 Å². The molecule has 1 fully saturated rings. The van der Waals surface area contributed by atoms with Gasteiger partial charge in [0.05, 0.1) is 13.2 Å². The van der Waals surface area contributed by atoms with E-state index in [1.165, 1.54) is 19.0 Å². The molecule has 1 atom stereocenters. The van der Waals surface area contributed by atoms with Crippen molar-refractivity contribution in [2.24, 2.45) is 14.1 Å². The van der Waals surface area contributed by atoms with Gasteiger partial charge in [-0.1, -0.05) is 0 Å². The third kappa shape index (κ3) is 2.36. The Morgan fingerprint density at radius 3 is 2.74 bits per heavy atom. The van der Waals surface area contributed by atoms with Crippen LogP contribution in [0.1, 0.15) is 0 Å². The molecule has 19 heavy (non-hydrogen) atoms. The van der Waals surface area contributed by atoms with Gasteiger partial charge in [0.2, 0.25) is 5.82 Å². The number of carboxylic acid groups (broad SMARTS) is 1. The molecule has 1 unspecified atom stereocenters. The fourth-order valence-electron chi connectivity index (χ4n) is 1.87. The van der Waals surface area contributed by atoms with E-state index < -0.39 is 23.3 Å². The van der Waals surface area contributed by atoms with E-state index in [1.807, 2.05) is 0 Å². The van der Waals surface area contributed by atoms with Gasteiger partial charge in [-0.25, -0.2) is 14.3 Å². The van der Waals surface area contributed by atoms with Gasteiger partial charge in [0.1, 0.15) is 0 Å². The number of morpholine rings is 1. The van der Waals surface area contributed by atoms with E-state index >= 15 is 0 Å². The molecule has 0 amide bonds.